The van der Waals surface area contributed by atoms with Gasteiger partial charge in [0.25, 0.3) is 0 Å². The number of ether oxygens (including phenoxy) is 1. The average Bonchev–Trinajstić information content (AvgIpc) is 2.28. The second kappa shape index (κ2) is 6.20. The topological polar surface area (TPSA) is 54.5 Å². The highest BCUT2D eigenvalue weighted by atomic mass is 16.5. The summed E-state index contributed by atoms with van der Waals surface area (Å²) in [6, 6.07) is 3.51. The van der Waals surface area contributed by atoms with Gasteiger partial charge in [0, 0.05) is 13.1 Å². The van der Waals surface area contributed by atoms with Crippen molar-refractivity contribution >= 4 is 11.8 Å². The first-order valence-corrected chi connectivity index (χ1v) is 5.49. The molecule has 94 valence electrons. The van der Waals surface area contributed by atoms with Crippen molar-refractivity contribution in [1.82, 2.24) is 9.88 Å². The fourth-order valence-electron chi connectivity index (χ4n) is 1.39. The van der Waals surface area contributed by atoms with Crippen molar-refractivity contribution < 1.29 is 9.53 Å². The predicted molar refractivity (Wildman–Crippen MR) is 67.4 cm³/mol. The number of likely N-dealkylation sites (N-methyl/N-ethyl adjacent to an activating group) is 1. The van der Waals surface area contributed by atoms with Gasteiger partial charge in [-0.05, 0) is 33.2 Å². The van der Waals surface area contributed by atoms with Gasteiger partial charge in [0.2, 0.25) is 0 Å². The molecule has 1 N–H and O–H groups in total. The van der Waals surface area contributed by atoms with E-state index in [9.17, 15) is 4.79 Å². The number of aryl methyl sites for hydroxylation is 1. The summed E-state index contributed by atoms with van der Waals surface area (Å²) >= 11 is 0. The predicted octanol–water partition coefficient (Wildman–Crippen LogP) is 1.15. The van der Waals surface area contributed by atoms with Crippen LogP contribution in [-0.2, 0) is 4.74 Å². The van der Waals surface area contributed by atoms with E-state index in [0.717, 1.165) is 18.9 Å². The Kier molecular flexibility index (Phi) is 4.90. The Morgan fingerprint density at radius 3 is 2.71 bits per heavy atom. The van der Waals surface area contributed by atoms with Crippen LogP contribution >= 0.6 is 0 Å². The summed E-state index contributed by atoms with van der Waals surface area (Å²) in [6.45, 7) is 3.54. The summed E-state index contributed by atoms with van der Waals surface area (Å²) in [5, 5.41) is 3.20. The molecule has 0 saturated carbocycles. The van der Waals surface area contributed by atoms with Crippen LogP contribution in [0.4, 0.5) is 5.82 Å². The van der Waals surface area contributed by atoms with Gasteiger partial charge >= 0.3 is 5.97 Å². The van der Waals surface area contributed by atoms with Crippen LogP contribution in [0.25, 0.3) is 0 Å². The lowest BCUT2D eigenvalue weighted by atomic mass is 10.2. The van der Waals surface area contributed by atoms with Gasteiger partial charge in [0.05, 0.1) is 18.4 Å². The zero-order chi connectivity index (χ0) is 12.8. The molecule has 5 nitrogen and oxygen atoms in total. The fraction of sp³-hybridized carbons (Fsp3) is 0.500. The number of methoxy groups -OCH3 is 1. The highest BCUT2D eigenvalue weighted by molar-refractivity contribution is 5.90. The van der Waals surface area contributed by atoms with E-state index in [2.05, 4.69) is 19.9 Å². The molecule has 0 amide bonds. The molecule has 0 aliphatic carbocycles. The van der Waals surface area contributed by atoms with E-state index in [0.29, 0.717) is 11.3 Å². The van der Waals surface area contributed by atoms with Crippen molar-refractivity contribution in [2.45, 2.75) is 6.92 Å². The molecule has 0 aromatic carbocycles. The number of hydrogen-bond donors (Lipinski definition) is 1. The quantitative estimate of drug-likeness (QED) is 0.779. The summed E-state index contributed by atoms with van der Waals surface area (Å²) in [4.78, 5) is 17.8. The minimum atomic E-state index is -0.352. The van der Waals surface area contributed by atoms with Crippen molar-refractivity contribution in [2.24, 2.45) is 0 Å². The molecule has 0 aliphatic rings. The van der Waals surface area contributed by atoms with Crippen LogP contribution in [0.2, 0.25) is 0 Å². The van der Waals surface area contributed by atoms with E-state index in [1.165, 1.54) is 7.11 Å². The smallest absolute Gasteiger partial charge is 0.339 e. The third-order valence-corrected chi connectivity index (χ3v) is 2.36. The number of pyridine rings is 1. The summed E-state index contributed by atoms with van der Waals surface area (Å²) in [6.07, 6.45) is 0. The monoisotopic (exact) mass is 237 g/mol. The van der Waals surface area contributed by atoms with Gasteiger partial charge in [-0.1, -0.05) is 0 Å². The lowest BCUT2D eigenvalue weighted by Gasteiger charge is -2.11. The number of esters is 1. The molecule has 1 aromatic heterocycles. The number of hydrogen-bond acceptors (Lipinski definition) is 5. The van der Waals surface area contributed by atoms with E-state index in [1.54, 1.807) is 19.1 Å². The van der Waals surface area contributed by atoms with Gasteiger partial charge in [0.1, 0.15) is 5.82 Å². The molecule has 0 unspecified atom stereocenters. The van der Waals surface area contributed by atoms with E-state index < -0.39 is 0 Å². The number of carbonyl (C=O) groups excluding carboxylic acids is 1. The lowest BCUT2D eigenvalue weighted by molar-refractivity contribution is 0.0599. The molecule has 0 aliphatic heterocycles. The molecule has 1 heterocycles. The molecule has 0 radical (unpaired) electrons. The molecule has 0 saturated heterocycles. The summed E-state index contributed by atoms with van der Waals surface area (Å²) in [5.74, 6) is 0.423. The van der Waals surface area contributed by atoms with Gasteiger partial charge in [0.15, 0.2) is 0 Å². The number of nitrogens with zero attached hydrogens (tertiary/aromatic N) is 2. The normalized spacial score (nSPS) is 10.4. The van der Waals surface area contributed by atoms with Crippen molar-refractivity contribution in [3.05, 3.63) is 23.4 Å². The summed E-state index contributed by atoms with van der Waals surface area (Å²) in [5.41, 5.74) is 1.18. The third-order valence-electron chi connectivity index (χ3n) is 2.36. The molecule has 0 fully saturated rings. The molecule has 1 rings (SSSR count). The second-order valence-corrected chi connectivity index (χ2v) is 4.05. The fourth-order valence-corrected chi connectivity index (χ4v) is 1.39. The maximum absolute atomic E-state index is 11.4. The Balaban J connectivity index is 2.65. The standard InChI is InChI=1S/C12H19N3O2/c1-9-10(12(16)17-4)5-6-11(14-9)13-7-8-15(2)3/h5-6H,7-8H2,1-4H3,(H,13,14). The molecule has 1 aromatic rings. The van der Waals surface area contributed by atoms with Gasteiger partial charge < -0.3 is 15.0 Å². The molecule has 17 heavy (non-hydrogen) atoms. The van der Waals surface area contributed by atoms with E-state index in [4.69, 9.17) is 0 Å². The van der Waals surface area contributed by atoms with Crippen LogP contribution in [0.3, 0.4) is 0 Å². The minimum absolute atomic E-state index is 0.352. The van der Waals surface area contributed by atoms with Gasteiger partial charge in [-0.2, -0.15) is 0 Å². The van der Waals surface area contributed by atoms with Crippen molar-refractivity contribution in [2.75, 3.05) is 39.6 Å². The van der Waals surface area contributed by atoms with Crippen LogP contribution in [0.1, 0.15) is 16.1 Å². The Morgan fingerprint density at radius 1 is 1.47 bits per heavy atom. The Morgan fingerprint density at radius 2 is 2.18 bits per heavy atom. The van der Waals surface area contributed by atoms with Crippen molar-refractivity contribution in [1.29, 1.82) is 0 Å². The van der Waals surface area contributed by atoms with Gasteiger partial charge in [-0.25, -0.2) is 9.78 Å². The van der Waals surface area contributed by atoms with Crippen molar-refractivity contribution in [3.63, 3.8) is 0 Å². The van der Waals surface area contributed by atoms with Crippen LogP contribution in [0.5, 0.6) is 0 Å². The molecule has 5 heteroatoms. The van der Waals surface area contributed by atoms with Crippen molar-refractivity contribution in [3.8, 4) is 0 Å². The SMILES string of the molecule is COC(=O)c1ccc(NCCN(C)C)nc1C. The van der Waals surface area contributed by atoms with E-state index in [-0.39, 0.29) is 5.97 Å². The van der Waals surface area contributed by atoms with E-state index >= 15 is 0 Å². The average molecular weight is 237 g/mol. The van der Waals surface area contributed by atoms with Crippen LogP contribution in [0, 0.1) is 6.92 Å². The molecule has 0 spiro atoms. The zero-order valence-corrected chi connectivity index (χ0v) is 10.8. The number of anilines is 1. The molecular formula is C12H19N3O2. The Hall–Kier alpha value is -1.62. The number of aromatic nitrogens is 1. The van der Waals surface area contributed by atoms with E-state index in [1.807, 2.05) is 14.1 Å². The maximum atomic E-state index is 11.4. The van der Waals surface area contributed by atoms with Crippen LogP contribution in [-0.4, -0.2) is 50.1 Å². The molecule has 0 bridgehead atoms. The Bertz CT molecular complexity index is 391. The van der Waals surface area contributed by atoms with Gasteiger partial charge in [-0.3, -0.25) is 0 Å². The number of rotatable bonds is 5. The molecular weight excluding hydrogens is 218 g/mol. The largest absolute Gasteiger partial charge is 0.465 e. The first-order valence-electron chi connectivity index (χ1n) is 5.49. The highest BCUT2D eigenvalue weighted by Gasteiger charge is 2.10. The first-order chi connectivity index (χ1) is 8.04. The number of carbonyl (C=O) groups is 1. The van der Waals surface area contributed by atoms with Gasteiger partial charge in [-0.15, -0.1) is 0 Å². The lowest BCUT2D eigenvalue weighted by Crippen LogP contribution is -2.21. The van der Waals surface area contributed by atoms with Crippen LogP contribution < -0.4 is 5.32 Å². The molecule has 0 atom stereocenters. The van der Waals surface area contributed by atoms with Crippen LogP contribution in [0.15, 0.2) is 12.1 Å². The Labute approximate surface area is 102 Å². The minimum Gasteiger partial charge on any atom is -0.465 e. The second-order valence-electron chi connectivity index (χ2n) is 4.05. The number of nitrogens with one attached hydrogen (secondary N) is 1. The third kappa shape index (κ3) is 4.03. The zero-order valence-electron chi connectivity index (χ0n) is 10.8. The first kappa shape index (κ1) is 13.4. The highest BCUT2D eigenvalue weighted by Crippen LogP contribution is 2.11. The summed E-state index contributed by atoms with van der Waals surface area (Å²) in [7, 11) is 5.40. The summed E-state index contributed by atoms with van der Waals surface area (Å²) < 4.78 is 4.66. The maximum Gasteiger partial charge on any atom is 0.339 e.